The maximum Gasteiger partial charge on any atom is 0.116 e. The Morgan fingerprint density at radius 3 is 3.06 bits per heavy atom. The maximum absolute atomic E-state index is 5.03. The molecule has 2 heterocycles. The smallest absolute Gasteiger partial charge is 0.116 e. The zero-order valence-electron chi connectivity index (χ0n) is 8.92. The second-order valence-electron chi connectivity index (χ2n) is 3.16. The first-order valence-electron chi connectivity index (χ1n) is 4.91. The molecule has 0 saturated heterocycles. The molecule has 0 bridgehead atoms. The van der Waals surface area contributed by atoms with Gasteiger partial charge in [0.2, 0.25) is 0 Å². The second kappa shape index (κ2) is 6.05. The van der Waals surface area contributed by atoms with Crippen LogP contribution in [0.25, 0.3) is 0 Å². The fraction of sp³-hybridized carbons (Fsp3) is 0.400. The lowest BCUT2D eigenvalue weighted by molar-refractivity contribution is 0.197. The molecule has 4 nitrogen and oxygen atoms in total. The Morgan fingerprint density at radius 1 is 1.50 bits per heavy atom. The number of ether oxygens (including phenoxy) is 1. The molecule has 2 aromatic heterocycles. The molecule has 16 heavy (non-hydrogen) atoms. The number of nitrogens with zero attached hydrogens (tertiary/aromatic N) is 2. The summed E-state index contributed by atoms with van der Waals surface area (Å²) in [6, 6.07) is 0.0846. The fourth-order valence-corrected chi connectivity index (χ4v) is 2.67. The van der Waals surface area contributed by atoms with Crippen LogP contribution in [0.15, 0.2) is 22.5 Å². The van der Waals surface area contributed by atoms with E-state index in [-0.39, 0.29) is 6.04 Å². The highest BCUT2D eigenvalue weighted by Crippen LogP contribution is 2.23. The highest BCUT2D eigenvalue weighted by atomic mass is 32.1. The van der Waals surface area contributed by atoms with Crippen LogP contribution in [0.5, 0.6) is 0 Å². The molecular weight excluding hydrogens is 242 g/mol. The van der Waals surface area contributed by atoms with Crippen molar-refractivity contribution >= 4 is 22.7 Å². The van der Waals surface area contributed by atoms with Gasteiger partial charge in [0.1, 0.15) is 11.0 Å². The van der Waals surface area contributed by atoms with E-state index in [0.29, 0.717) is 6.61 Å². The van der Waals surface area contributed by atoms with E-state index in [1.165, 1.54) is 0 Å². The first kappa shape index (κ1) is 11.7. The molecule has 86 valence electrons. The third kappa shape index (κ3) is 2.85. The highest BCUT2D eigenvalue weighted by Gasteiger charge is 2.17. The quantitative estimate of drug-likeness (QED) is 0.801. The summed E-state index contributed by atoms with van der Waals surface area (Å²) in [7, 11) is 1.70. The summed E-state index contributed by atoms with van der Waals surface area (Å²) in [5.41, 5.74) is 2.87. The Kier molecular flexibility index (Phi) is 4.41. The third-order valence-electron chi connectivity index (χ3n) is 2.10. The number of methoxy groups -OCH3 is 1. The predicted molar refractivity (Wildman–Crippen MR) is 65.9 cm³/mol. The van der Waals surface area contributed by atoms with Gasteiger partial charge < -0.3 is 10.1 Å². The van der Waals surface area contributed by atoms with Crippen LogP contribution in [0.4, 0.5) is 0 Å². The Labute approximate surface area is 102 Å². The van der Waals surface area contributed by atoms with E-state index in [1.54, 1.807) is 29.8 Å². The van der Waals surface area contributed by atoms with Gasteiger partial charge in [-0.2, -0.15) is 0 Å². The van der Waals surface area contributed by atoms with Gasteiger partial charge >= 0.3 is 0 Å². The van der Waals surface area contributed by atoms with E-state index in [9.17, 15) is 0 Å². The highest BCUT2D eigenvalue weighted by molar-refractivity contribution is 7.09. The topological polar surface area (TPSA) is 47.0 Å². The number of nitrogens with one attached hydrogen (secondary N) is 1. The molecule has 1 atom stereocenters. The Hall–Kier alpha value is -0.820. The van der Waals surface area contributed by atoms with Gasteiger partial charge in [-0.05, 0) is 0 Å². The standard InChI is InChI=1S/C10H13N3OS2/c1-14-4-2-11-9(8-6-15-7-13-8)10-12-3-5-16-10/h3,5-7,9,11H,2,4H2,1H3. The van der Waals surface area contributed by atoms with E-state index in [4.69, 9.17) is 4.74 Å². The monoisotopic (exact) mass is 255 g/mol. The van der Waals surface area contributed by atoms with Crippen molar-refractivity contribution in [3.8, 4) is 0 Å². The van der Waals surface area contributed by atoms with Gasteiger partial charge in [-0.15, -0.1) is 22.7 Å². The van der Waals surface area contributed by atoms with Crippen LogP contribution in [-0.2, 0) is 4.74 Å². The van der Waals surface area contributed by atoms with Crippen molar-refractivity contribution in [2.75, 3.05) is 20.3 Å². The van der Waals surface area contributed by atoms with Crippen molar-refractivity contribution in [1.82, 2.24) is 15.3 Å². The van der Waals surface area contributed by atoms with Gasteiger partial charge in [-0.1, -0.05) is 0 Å². The lowest BCUT2D eigenvalue weighted by atomic mass is 10.2. The lowest BCUT2D eigenvalue weighted by Crippen LogP contribution is -2.26. The number of rotatable bonds is 6. The molecule has 0 spiro atoms. The van der Waals surface area contributed by atoms with E-state index < -0.39 is 0 Å². The predicted octanol–water partition coefficient (Wildman–Crippen LogP) is 1.93. The number of aromatic nitrogens is 2. The summed E-state index contributed by atoms with van der Waals surface area (Å²) < 4.78 is 5.03. The molecule has 0 radical (unpaired) electrons. The van der Waals surface area contributed by atoms with Crippen molar-refractivity contribution in [3.05, 3.63) is 33.2 Å². The average molecular weight is 255 g/mol. The number of hydrogen-bond acceptors (Lipinski definition) is 6. The van der Waals surface area contributed by atoms with E-state index >= 15 is 0 Å². The lowest BCUT2D eigenvalue weighted by Gasteiger charge is -2.13. The van der Waals surface area contributed by atoms with Gasteiger partial charge in [0.15, 0.2) is 0 Å². The Morgan fingerprint density at radius 2 is 2.44 bits per heavy atom. The van der Waals surface area contributed by atoms with Crippen LogP contribution in [0.1, 0.15) is 16.7 Å². The molecule has 1 unspecified atom stereocenters. The molecule has 0 aliphatic rings. The first-order chi connectivity index (χ1) is 7.92. The molecule has 0 fully saturated rings. The van der Waals surface area contributed by atoms with E-state index in [0.717, 1.165) is 17.2 Å². The van der Waals surface area contributed by atoms with E-state index in [2.05, 4.69) is 15.3 Å². The van der Waals surface area contributed by atoms with Crippen molar-refractivity contribution in [2.45, 2.75) is 6.04 Å². The molecule has 0 aliphatic carbocycles. The molecule has 2 aromatic rings. The summed E-state index contributed by atoms with van der Waals surface area (Å²) in [5.74, 6) is 0. The van der Waals surface area contributed by atoms with Crippen molar-refractivity contribution in [2.24, 2.45) is 0 Å². The minimum absolute atomic E-state index is 0.0846. The van der Waals surface area contributed by atoms with Gasteiger partial charge in [0.25, 0.3) is 0 Å². The molecule has 2 rings (SSSR count). The maximum atomic E-state index is 5.03. The summed E-state index contributed by atoms with van der Waals surface area (Å²) in [4.78, 5) is 8.66. The van der Waals surface area contributed by atoms with Gasteiger partial charge in [0, 0.05) is 30.6 Å². The van der Waals surface area contributed by atoms with Crippen molar-refractivity contribution < 1.29 is 4.74 Å². The number of thiazole rings is 2. The SMILES string of the molecule is COCCNC(c1cscn1)c1nccs1. The molecule has 1 N–H and O–H groups in total. The van der Waals surface area contributed by atoms with Crippen LogP contribution >= 0.6 is 22.7 Å². The van der Waals surface area contributed by atoms with Crippen LogP contribution < -0.4 is 5.32 Å². The third-order valence-corrected chi connectivity index (χ3v) is 3.55. The molecular formula is C10H13N3OS2. The minimum atomic E-state index is 0.0846. The summed E-state index contributed by atoms with van der Waals surface area (Å²) in [6.45, 7) is 1.48. The Bertz CT molecular complexity index is 354. The number of hydrogen-bond donors (Lipinski definition) is 1. The van der Waals surface area contributed by atoms with Crippen molar-refractivity contribution in [1.29, 1.82) is 0 Å². The molecule has 0 amide bonds. The average Bonchev–Trinajstić information content (AvgIpc) is 2.97. The van der Waals surface area contributed by atoms with Gasteiger partial charge in [-0.25, -0.2) is 9.97 Å². The van der Waals surface area contributed by atoms with Crippen molar-refractivity contribution in [3.63, 3.8) is 0 Å². The van der Waals surface area contributed by atoms with Crippen LogP contribution in [0.3, 0.4) is 0 Å². The largest absolute Gasteiger partial charge is 0.383 e. The van der Waals surface area contributed by atoms with Crippen LogP contribution in [0, 0.1) is 0 Å². The molecule has 6 heteroatoms. The zero-order valence-corrected chi connectivity index (χ0v) is 10.6. The molecule has 0 saturated carbocycles. The van der Waals surface area contributed by atoms with Gasteiger partial charge in [-0.3, -0.25) is 0 Å². The molecule has 0 aromatic carbocycles. The normalized spacial score (nSPS) is 12.8. The second-order valence-corrected chi connectivity index (χ2v) is 4.81. The summed E-state index contributed by atoms with van der Waals surface area (Å²) in [5, 5.41) is 8.46. The van der Waals surface area contributed by atoms with Crippen LogP contribution in [-0.4, -0.2) is 30.2 Å². The zero-order chi connectivity index (χ0) is 11.2. The first-order valence-corrected chi connectivity index (χ1v) is 6.74. The fourth-order valence-electron chi connectivity index (χ4n) is 1.37. The molecule has 0 aliphatic heterocycles. The summed E-state index contributed by atoms with van der Waals surface area (Å²) >= 11 is 3.24. The van der Waals surface area contributed by atoms with E-state index in [1.807, 2.05) is 22.5 Å². The Balaban J connectivity index is 2.08. The van der Waals surface area contributed by atoms with Crippen LogP contribution in [0.2, 0.25) is 0 Å². The minimum Gasteiger partial charge on any atom is -0.383 e. The summed E-state index contributed by atoms with van der Waals surface area (Å²) in [6.07, 6.45) is 1.82. The van der Waals surface area contributed by atoms with Gasteiger partial charge in [0.05, 0.1) is 17.8 Å².